The predicted octanol–water partition coefficient (Wildman–Crippen LogP) is 8.20. The zero-order valence-corrected chi connectivity index (χ0v) is 34.3. The monoisotopic (exact) mass is 797 g/mol. The van der Waals surface area contributed by atoms with Crippen LogP contribution in [-0.2, 0) is 14.3 Å². The molecular weight excluding hydrogens is 747 g/mol. The maximum absolute atomic E-state index is 13.9. The number of imidazole rings is 2. The number of benzene rings is 3. The SMILES string of the molecule is [C-]#[N+][C@H]1C[C@@H](c2ncc(-c3ccc(-c4ccc5cc(-c6cnc([C@@H]7CC8(CC8)CN7C(=O)[C@@H](NC(=O)OC)C(C)C)[nH]6)ccc5c4)cc3)[nH]2)N(NC(=O)OC(C)(C)C)C1. The molecule has 0 radical (unpaired) electrons. The van der Waals surface area contributed by atoms with E-state index < -0.39 is 23.8 Å². The Morgan fingerprint density at radius 1 is 0.864 bits per heavy atom. The lowest BCUT2D eigenvalue weighted by Gasteiger charge is -2.30. The van der Waals surface area contributed by atoms with E-state index in [1.54, 1.807) is 11.2 Å². The molecule has 1 aliphatic carbocycles. The Labute approximate surface area is 343 Å². The number of likely N-dealkylation sites (tertiary alicyclic amines) is 1. The minimum absolute atomic E-state index is 0.105. The Balaban J connectivity index is 0.955. The Bertz CT molecular complexity index is 2420. The van der Waals surface area contributed by atoms with Gasteiger partial charge < -0.3 is 34.5 Å². The number of nitrogens with one attached hydrogen (secondary N) is 4. The molecule has 3 aliphatic rings. The Kier molecular flexibility index (Phi) is 10.4. The highest BCUT2D eigenvalue weighted by Crippen LogP contribution is 2.58. The summed E-state index contributed by atoms with van der Waals surface area (Å²) in [5.41, 5.74) is 8.17. The largest absolute Gasteiger partial charge is 0.453 e. The van der Waals surface area contributed by atoms with Crippen molar-refractivity contribution in [2.75, 3.05) is 20.2 Å². The number of rotatable bonds is 9. The van der Waals surface area contributed by atoms with Crippen molar-refractivity contribution in [1.29, 1.82) is 0 Å². The summed E-state index contributed by atoms with van der Waals surface area (Å²) in [6.45, 7) is 17.9. The van der Waals surface area contributed by atoms with Gasteiger partial charge in [-0.15, -0.1) is 0 Å². The topological polar surface area (TPSA) is 162 Å². The van der Waals surface area contributed by atoms with Gasteiger partial charge in [0.05, 0.1) is 49.5 Å². The van der Waals surface area contributed by atoms with Gasteiger partial charge in [-0.05, 0) is 91.0 Å². The number of carbonyl (C=O) groups excluding carboxylic acids is 3. The lowest BCUT2D eigenvalue weighted by Crippen LogP contribution is -2.51. The number of aromatic nitrogens is 4. The second kappa shape index (κ2) is 15.5. The van der Waals surface area contributed by atoms with Crippen molar-refractivity contribution in [1.82, 2.24) is 40.6 Å². The van der Waals surface area contributed by atoms with Crippen molar-refractivity contribution in [2.45, 2.75) is 90.1 Å². The number of hydrazine groups is 1. The van der Waals surface area contributed by atoms with Gasteiger partial charge in [0.25, 0.3) is 0 Å². The minimum atomic E-state index is -0.687. The van der Waals surface area contributed by atoms with Crippen LogP contribution in [0.3, 0.4) is 0 Å². The predicted molar refractivity (Wildman–Crippen MR) is 223 cm³/mol. The quantitative estimate of drug-likeness (QED) is 0.109. The summed E-state index contributed by atoms with van der Waals surface area (Å²) in [5.74, 6) is 1.22. The third kappa shape index (κ3) is 8.38. The molecule has 4 heterocycles. The summed E-state index contributed by atoms with van der Waals surface area (Å²) in [5, 5.41) is 6.69. The number of nitrogens with zero attached hydrogens (tertiary/aromatic N) is 5. The number of hydrogen-bond acceptors (Lipinski definition) is 8. The smallest absolute Gasteiger partial charge is 0.422 e. The fraction of sp³-hybridized carbons (Fsp3) is 0.422. The van der Waals surface area contributed by atoms with Crippen LogP contribution >= 0.6 is 0 Å². The third-order valence-corrected chi connectivity index (χ3v) is 11.7. The molecular formula is C45H51N9O5. The van der Waals surface area contributed by atoms with E-state index in [1.165, 1.54) is 7.11 Å². The average molecular weight is 798 g/mol. The van der Waals surface area contributed by atoms with Crippen molar-refractivity contribution < 1.29 is 23.9 Å². The molecule has 306 valence electrons. The molecule has 14 nitrogen and oxygen atoms in total. The maximum Gasteiger partial charge on any atom is 0.422 e. The number of hydrogen-bond donors (Lipinski definition) is 4. The van der Waals surface area contributed by atoms with Gasteiger partial charge in [0.1, 0.15) is 23.3 Å². The summed E-state index contributed by atoms with van der Waals surface area (Å²) in [7, 11) is 1.30. The van der Waals surface area contributed by atoms with Crippen LogP contribution in [0.1, 0.15) is 84.0 Å². The molecule has 5 aromatic rings. The molecule has 2 saturated heterocycles. The Morgan fingerprint density at radius 2 is 1.46 bits per heavy atom. The van der Waals surface area contributed by atoms with Crippen molar-refractivity contribution in [2.24, 2.45) is 11.3 Å². The summed E-state index contributed by atoms with van der Waals surface area (Å²) < 4.78 is 10.3. The highest BCUT2D eigenvalue weighted by atomic mass is 16.6. The molecule has 0 bridgehead atoms. The summed E-state index contributed by atoms with van der Waals surface area (Å²) in [4.78, 5) is 60.6. The minimum Gasteiger partial charge on any atom is -0.453 e. The van der Waals surface area contributed by atoms with Crippen LogP contribution in [0, 0.1) is 17.9 Å². The Hall–Kier alpha value is -6.20. The molecule has 14 heteroatoms. The van der Waals surface area contributed by atoms with E-state index in [0.717, 1.165) is 69.5 Å². The Morgan fingerprint density at radius 3 is 2.07 bits per heavy atom. The van der Waals surface area contributed by atoms with Crippen LogP contribution in [0.4, 0.5) is 9.59 Å². The second-order valence-electron chi connectivity index (χ2n) is 17.6. The van der Waals surface area contributed by atoms with Crippen molar-refractivity contribution in [3.63, 3.8) is 0 Å². The number of methoxy groups -OCH3 is 1. The normalized spacial score (nSPS) is 20.4. The number of aromatic amines is 2. The van der Waals surface area contributed by atoms with Gasteiger partial charge in [0.15, 0.2) is 0 Å². The number of alkyl carbamates (subject to hydrolysis) is 1. The highest BCUT2D eigenvalue weighted by molar-refractivity contribution is 5.91. The maximum atomic E-state index is 13.9. The molecule has 1 saturated carbocycles. The van der Waals surface area contributed by atoms with Gasteiger partial charge in [0, 0.05) is 18.5 Å². The first kappa shape index (κ1) is 39.6. The van der Waals surface area contributed by atoms with E-state index in [2.05, 4.69) is 91.2 Å². The first-order valence-electron chi connectivity index (χ1n) is 20.2. The lowest BCUT2D eigenvalue weighted by molar-refractivity contribution is -0.135. The van der Waals surface area contributed by atoms with Gasteiger partial charge in [-0.1, -0.05) is 62.4 Å². The van der Waals surface area contributed by atoms with Crippen LogP contribution in [0.25, 0.3) is 49.3 Å². The van der Waals surface area contributed by atoms with Crippen molar-refractivity contribution in [3.05, 3.63) is 96.1 Å². The van der Waals surface area contributed by atoms with Gasteiger partial charge >= 0.3 is 12.2 Å². The molecule has 3 amide bonds. The van der Waals surface area contributed by atoms with Gasteiger partial charge in [-0.25, -0.2) is 26.1 Å². The second-order valence-corrected chi connectivity index (χ2v) is 17.6. The molecule has 59 heavy (non-hydrogen) atoms. The molecule has 2 aromatic heterocycles. The van der Waals surface area contributed by atoms with E-state index in [9.17, 15) is 14.4 Å². The molecule has 8 rings (SSSR count). The van der Waals surface area contributed by atoms with E-state index >= 15 is 0 Å². The molecule has 3 aromatic carbocycles. The standard InChI is InChI=1S/C45H51N9O5/c1-26(2)38(51-42(56)58-7)41(55)53-25-45(16-17-45)21-37(53)40-48-23-35(50-40)32-15-14-30-18-29(12-13-31(30)19-32)27-8-10-28(11-9-27)34-22-47-39(49-34)36-20-33(46-6)24-54(36)52-43(57)59-44(3,4)5/h8-15,18-19,22-23,26,33,36-38H,16-17,20-21,24-25H2,1-5,7H3,(H,47,49)(H,48,50)(H,51,56)(H,52,57)/t33-,36-,37-,38-/m0/s1. The van der Waals surface area contributed by atoms with Crippen LogP contribution < -0.4 is 10.7 Å². The van der Waals surface area contributed by atoms with Crippen LogP contribution in [-0.4, -0.2) is 85.8 Å². The molecule has 0 unspecified atom stereocenters. The first-order valence-corrected chi connectivity index (χ1v) is 20.2. The van der Waals surface area contributed by atoms with E-state index in [-0.39, 0.29) is 35.4 Å². The zero-order chi connectivity index (χ0) is 41.6. The molecule has 4 N–H and O–H groups in total. The van der Waals surface area contributed by atoms with Gasteiger partial charge in [0.2, 0.25) is 11.9 Å². The molecule has 3 fully saturated rings. The number of H-pyrrole nitrogens is 2. The third-order valence-electron chi connectivity index (χ3n) is 11.7. The number of ether oxygens (including phenoxy) is 2. The van der Waals surface area contributed by atoms with E-state index in [4.69, 9.17) is 21.0 Å². The van der Waals surface area contributed by atoms with Crippen LogP contribution in [0.5, 0.6) is 0 Å². The first-order chi connectivity index (χ1) is 28.2. The molecule has 1 spiro atoms. The molecule has 2 aliphatic heterocycles. The summed E-state index contributed by atoms with van der Waals surface area (Å²) >= 11 is 0. The summed E-state index contributed by atoms with van der Waals surface area (Å²) in [6, 6.07) is 19.7. The van der Waals surface area contributed by atoms with Crippen molar-refractivity contribution in [3.8, 4) is 33.6 Å². The number of carbonyl (C=O) groups is 3. The zero-order valence-electron chi connectivity index (χ0n) is 34.3. The van der Waals surface area contributed by atoms with Crippen molar-refractivity contribution >= 4 is 28.9 Å². The number of amides is 3. The summed E-state index contributed by atoms with van der Waals surface area (Å²) in [6.07, 6.45) is 6.02. The van der Waals surface area contributed by atoms with Crippen LogP contribution in [0.15, 0.2) is 73.1 Å². The fourth-order valence-electron chi connectivity index (χ4n) is 8.40. The lowest BCUT2D eigenvalue weighted by atomic mass is 9.98. The van der Waals surface area contributed by atoms with Crippen LogP contribution in [0.2, 0.25) is 0 Å². The highest BCUT2D eigenvalue weighted by Gasteiger charge is 2.55. The molecule has 4 atom stereocenters. The average Bonchev–Trinajstić information content (AvgIpc) is 3.69. The van der Waals surface area contributed by atoms with Gasteiger partial charge in [-0.2, -0.15) is 5.01 Å². The van der Waals surface area contributed by atoms with Gasteiger partial charge in [-0.3, -0.25) is 10.2 Å². The van der Waals surface area contributed by atoms with E-state index in [0.29, 0.717) is 25.3 Å². The van der Waals surface area contributed by atoms with E-state index in [1.807, 2.05) is 45.7 Å². The fourth-order valence-corrected chi connectivity index (χ4v) is 8.40. The number of fused-ring (bicyclic) bond motifs is 1.